The number of fused-ring (bicyclic) bond motifs is 1. The Hall–Kier alpha value is -2.66. The number of aromatic nitrogens is 2. The predicted octanol–water partition coefficient (Wildman–Crippen LogP) is 3.99. The Morgan fingerprint density at radius 3 is 2.79 bits per heavy atom. The molecule has 2 N–H and O–H groups in total. The summed E-state index contributed by atoms with van der Waals surface area (Å²) in [5, 5.41) is 7.67. The van der Waals surface area contributed by atoms with Gasteiger partial charge in [0.25, 0.3) is 0 Å². The van der Waals surface area contributed by atoms with Crippen LogP contribution in [0.1, 0.15) is 32.1 Å². The van der Waals surface area contributed by atoms with Crippen molar-refractivity contribution >= 4 is 16.8 Å². The molecule has 0 spiro atoms. The highest BCUT2D eigenvalue weighted by Crippen LogP contribution is 2.25. The van der Waals surface area contributed by atoms with Crippen LogP contribution in [0.25, 0.3) is 22.0 Å². The van der Waals surface area contributed by atoms with E-state index >= 15 is 0 Å². The SMILES string of the molecule is O=C(Cn1ccc2ccc(-c3cccnc3)cc21)NCCNCC1CCCCC1. The number of pyridine rings is 1. The molecule has 1 saturated carbocycles. The molecule has 3 aromatic rings. The van der Waals surface area contributed by atoms with Crippen molar-refractivity contribution in [3.8, 4) is 11.1 Å². The van der Waals surface area contributed by atoms with Gasteiger partial charge in [-0.3, -0.25) is 9.78 Å². The molecule has 1 fully saturated rings. The van der Waals surface area contributed by atoms with Gasteiger partial charge in [-0.1, -0.05) is 37.5 Å². The van der Waals surface area contributed by atoms with E-state index < -0.39 is 0 Å². The third-order valence-electron chi connectivity index (χ3n) is 5.86. The molecule has 1 amide bonds. The third-order valence-corrected chi connectivity index (χ3v) is 5.86. The first-order valence-electron chi connectivity index (χ1n) is 10.8. The summed E-state index contributed by atoms with van der Waals surface area (Å²) in [6.45, 7) is 2.92. The Morgan fingerprint density at radius 1 is 1.07 bits per heavy atom. The van der Waals surface area contributed by atoms with Crippen molar-refractivity contribution < 1.29 is 4.79 Å². The zero-order valence-corrected chi connectivity index (χ0v) is 16.9. The first-order valence-corrected chi connectivity index (χ1v) is 10.8. The number of amides is 1. The van der Waals surface area contributed by atoms with Crippen LogP contribution >= 0.6 is 0 Å². The van der Waals surface area contributed by atoms with Gasteiger partial charge in [0.2, 0.25) is 5.91 Å². The Bertz CT molecular complexity index is 928. The molecule has 1 aliphatic rings. The largest absolute Gasteiger partial charge is 0.353 e. The standard InChI is InChI=1S/C24H30N4O/c29-24(27-13-12-26-16-19-5-2-1-3-6-19)18-28-14-10-20-8-9-21(15-23(20)28)22-7-4-11-25-17-22/h4,7-11,14-15,17,19,26H,1-3,5-6,12-13,16,18H2,(H,27,29). The molecule has 5 heteroatoms. The van der Waals surface area contributed by atoms with Crippen LogP contribution in [0.2, 0.25) is 0 Å². The van der Waals surface area contributed by atoms with Gasteiger partial charge in [-0.25, -0.2) is 0 Å². The van der Waals surface area contributed by atoms with Crippen LogP contribution in [0.5, 0.6) is 0 Å². The van der Waals surface area contributed by atoms with Crippen molar-refractivity contribution in [2.75, 3.05) is 19.6 Å². The zero-order chi connectivity index (χ0) is 19.9. The number of hydrogen-bond acceptors (Lipinski definition) is 3. The summed E-state index contributed by atoms with van der Waals surface area (Å²) in [6, 6.07) is 12.4. The van der Waals surface area contributed by atoms with E-state index in [2.05, 4.69) is 45.9 Å². The first kappa shape index (κ1) is 19.6. The van der Waals surface area contributed by atoms with Gasteiger partial charge in [-0.05, 0) is 54.5 Å². The summed E-state index contributed by atoms with van der Waals surface area (Å²) in [4.78, 5) is 16.6. The molecule has 4 rings (SSSR count). The second-order valence-electron chi connectivity index (χ2n) is 8.02. The molecular weight excluding hydrogens is 360 g/mol. The van der Waals surface area contributed by atoms with E-state index in [4.69, 9.17) is 0 Å². The van der Waals surface area contributed by atoms with Crippen LogP contribution < -0.4 is 10.6 Å². The van der Waals surface area contributed by atoms with Crippen molar-refractivity contribution in [2.24, 2.45) is 5.92 Å². The van der Waals surface area contributed by atoms with E-state index in [1.165, 1.54) is 32.1 Å². The number of nitrogens with one attached hydrogen (secondary N) is 2. The predicted molar refractivity (Wildman–Crippen MR) is 118 cm³/mol. The summed E-state index contributed by atoms with van der Waals surface area (Å²) >= 11 is 0. The van der Waals surface area contributed by atoms with Crippen LogP contribution in [0, 0.1) is 5.92 Å². The van der Waals surface area contributed by atoms with Crippen LogP contribution in [-0.4, -0.2) is 35.1 Å². The maximum absolute atomic E-state index is 12.4. The summed E-state index contributed by atoms with van der Waals surface area (Å²) in [5.41, 5.74) is 3.26. The van der Waals surface area contributed by atoms with E-state index in [1.807, 2.05) is 23.0 Å². The van der Waals surface area contributed by atoms with Gasteiger partial charge in [-0.15, -0.1) is 0 Å². The average molecular weight is 391 g/mol. The fourth-order valence-corrected chi connectivity index (χ4v) is 4.23. The molecule has 2 heterocycles. The van der Waals surface area contributed by atoms with Crippen LogP contribution in [0.15, 0.2) is 55.0 Å². The lowest BCUT2D eigenvalue weighted by atomic mass is 9.89. The highest BCUT2D eigenvalue weighted by atomic mass is 16.1. The molecule has 0 radical (unpaired) electrons. The molecule has 0 atom stereocenters. The molecule has 0 aliphatic heterocycles. The van der Waals surface area contributed by atoms with E-state index in [9.17, 15) is 4.79 Å². The highest BCUT2D eigenvalue weighted by Gasteiger charge is 2.12. The summed E-state index contributed by atoms with van der Waals surface area (Å²) in [5.74, 6) is 0.869. The van der Waals surface area contributed by atoms with Gasteiger partial charge in [-0.2, -0.15) is 0 Å². The molecule has 5 nitrogen and oxygen atoms in total. The van der Waals surface area contributed by atoms with Crippen molar-refractivity contribution in [1.82, 2.24) is 20.2 Å². The van der Waals surface area contributed by atoms with Crippen LogP contribution in [-0.2, 0) is 11.3 Å². The molecular formula is C24H30N4O. The van der Waals surface area contributed by atoms with E-state index in [0.717, 1.165) is 41.0 Å². The van der Waals surface area contributed by atoms with Gasteiger partial charge in [0.1, 0.15) is 6.54 Å². The lowest BCUT2D eigenvalue weighted by Gasteiger charge is -2.21. The van der Waals surface area contributed by atoms with Crippen molar-refractivity contribution in [3.63, 3.8) is 0 Å². The minimum absolute atomic E-state index is 0.0498. The normalized spacial score (nSPS) is 14.9. The molecule has 1 aliphatic carbocycles. The van der Waals surface area contributed by atoms with Crippen molar-refractivity contribution in [3.05, 3.63) is 55.0 Å². The van der Waals surface area contributed by atoms with Crippen LogP contribution in [0.3, 0.4) is 0 Å². The third kappa shape index (κ3) is 5.24. The molecule has 0 unspecified atom stereocenters. The topological polar surface area (TPSA) is 59.0 Å². The number of rotatable bonds is 8. The maximum Gasteiger partial charge on any atom is 0.239 e. The smallest absolute Gasteiger partial charge is 0.239 e. The van der Waals surface area contributed by atoms with Crippen LogP contribution in [0.4, 0.5) is 0 Å². The van der Waals surface area contributed by atoms with E-state index in [-0.39, 0.29) is 5.91 Å². The molecule has 0 saturated heterocycles. The fraction of sp³-hybridized carbons (Fsp3) is 0.417. The summed E-state index contributed by atoms with van der Waals surface area (Å²) in [7, 11) is 0. The average Bonchev–Trinajstić information content (AvgIpc) is 3.17. The van der Waals surface area contributed by atoms with E-state index in [1.54, 1.807) is 6.20 Å². The first-order chi connectivity index (χ1) is 14.3. The van der Waals surface area contributed by atoms with Gasteiger partial charge in [0.05, 0.1) is 0 Å². The quantitative estimate of drug-likeness (QED) is 0.572. The second-order valence-corrected chi connectivity index (χ2v) is 8.02. The van der Waals surface area contributed by atoms with Gasteiger partial charge >= 0.3 is 0 Å². The number of benzene rings is 1. The minimum Gasteiger partial charge on any atom is -0.353 e. The fourth-order valence-electron chi connectivity index (χ4n) is 4.23. The molecule has 0 bridgehead atoms. The van der Waals surface area contributed by atoms with Gasteiger partial charge in [0.15, 0.2) is 0 Å². The monoisotopic (exact) mass is 390 g/mol. The van der Waals surface area contributed by atoms with Crippen molar-refractivity contribution in [1.29, 1.82) is 0 Å². The second kappa shape index (κ2) is 9.70. The Labute approximate surface area is 172 Å². The van der Waals surface area contributed by atoms with E-state index in [0.29, 0.717) is 13.1 Å². The Balaban J connectivity index is 1.28. The Kier molecular flexibility index (Phi) is 6.57. The highest BCUT2D eigenvalue weighted by molar-refractivity contribution is 5.87. The Morgan fingerprint density at radius 2 is 1.97 bits per heavy atom. The lowest BCUT2D eigenvalue weighted by Crippen LogP contribution is -2.35. The summed E-state index contributed by atoms with van der Waals surface area (Å²) in [6.07, 6.45) is 12.5. The summed E-state index contributed by atoms with van der Waals surface area (Å²) < 4.78 is 2.01. The number of carbonyl (C=O) groups is 1. The number of hydrogen-bond donors (Lipinski definition) is 2. The van der Waals surface area contributed by atoms with Crippen molar-refractivity contribution in [2.45, 2.75) is 38.6 Å². The van der Waals surface area contributed by atoms with Gasteiger partial charge < -0.3 is 15.2 Å². The maximum atomic E-state index is 12.4. The molecule has 1 aromatic carbocycles. The molecule has 152 valence electrons. The van der Waals surface area contributed by atoms with Gasteiger partial charge in [0, 0.05) is 42.8 Å². The number of nitrogens with zero attached hydrogens (tertiary/aromatic N) is 2. The molecule has 29 heavy (non-hydrogen) atoms. The lowest BCUT2D eigenvalue weighted by molar-refractivity contribution is -0.121. The molecule has 2 aromatic heterocycles. The number of carbonyl (C=O) groups excluding carboxylic acids is 1. The minimum atomic E-state index is 0.0498. The zero-order valence-electron chi connectivity index (χ0n) is 16.9.